The highest BCUT2D eigenvalue weighted by Crippen LogP contribution is 2.49. The molecule has 1 aromatic carbocycles. The molecular formula is C14H19ClN2O. The molecule has 1 aliphatic rings. The zero-order chi connectivity index (χ0) is 13.2. The molecule has 0 unspecified atom stereocenters. The highest BCUT2D eigenvalue weighted by atomic mass is 35.5. The normalized spacial score (nSPS) is 16.4. The third kappa shape index (κ3) is 2.52. The molecule has 0 aromatic heterocycles. The van der Waals surface area contributed by atoms with Gasteiger partial charge in [0.05, 0.1) is 5.41 Å². The lowest BCUT2D eigenvalue weighted by Crippen LogP contribution is -2.39. The van der Waals surface area contributed by atoms with Gasteiger partial charge in [-0.2, -0.15) is 0 Å². The summed E-state index contributed by atoms with van der Waals surface area (Å²) < 4.78 is 0. The number of nitrogens with one attached hydrogen (secondary N) is 1. The van der Waals surface area contributed by atoms with Crippen LogP contribution in [0.15, 0.2) is 24.3 Å². The summed E-state index contributed by atoms with van der Waals surface area (Å²) in [6, 6.07) is 7.68. The highest BCUT2D eigenvalue weighted by molar-refractivity contribution is 6.30. The second-order valence-electron chi connectivity index (χ2n) is 4.92. The summed E-state index contributed by atoms with van der Waals surface area (Å²) in [6.07, 6.45) is 1.85. The molecule has 0 radical (unpaired) electrons. The van der Waals surface area contributed by atoms with Gasteiger partial charge in [-0.1, -0.05) is 23.7 Å². The van der Waals surface area contributed by atoms with E-state index in [1.165, 1.54) is 0 Å². The van der Waals surface area contributed by atoms with Gasteiger partial charge in [0.2, 0.25) is 5.91 Å². The van der Waals surface area contributed by atoms with Gasteiger partial charge in [0, 0.05) is 25.2 Å². The molecule has 3 nitrogen and oxygen atoms in total. The van der Waals surface area contributed by atoms with Crippen LogP contribution < -0.4 is 5.32 Å². The minimum absolute atomic E-state index is 0.208. The van der Waals surface area contributed by atoms with Crippen LogP contribution >= 0.6 is 11.6 Å². The van der Waals surface area contributed by atoms with Crippen LogP contribution in [-0.4, -0.2) is 38.0 Å². The summed E-state index contributed by atoms with van der Waals surface area (Å²) in [7, 11) is 3.76. The van der Waals surface area contributed by atoms with Crippen molar-refractivity contribution in [2.45, 2.75) is 18.3 Å². The minimum atomic E-state index is -0.312. The van der Waals surface area contributed by atoms with Gasteiger partial charge in [-0.15, -0.1) is 0 Å². The highest BCUT2D eigenvalue weighted by Gasteiger charge is 2.52. The average Bonchev–Trinajstić information content (AvgIpc) is 3.16. The van der Waals surface area contributed by atoms with Crippen molar-refractivity contribution in [2.24, 2.45) is 0 Å². The van der Waals surface area contributed by atoms with Crippen LogP contribution in [0.1, 0.15) is 18.4 Å². The van der Waals surface area contributed by atoms with E-state index >= 15 is 0 Å². The summed E-state index contributed by atoms with van der Waals surface area (Å²) in [5.74, 6) is 0.208. The molecule has 0 atom stereocenters. The maximum absolute atomic E-state index is 12.5. The Bertz CT molecular complexity index is 443. The molecular weight excluding hydrogens is 248 g/mol. The van der Waals surface area contributed by atoms with Gasteiger partial charge < -0.3 is 10.2 Å². The fourth-order valence-electron chi connectivity index (χ4n) is 2.28. The third-order valence-corrected chi connectivity index (χ3v) is 3.82. The van der Waals surface area contributed by atoms with Crippen molar-refractivity contribution in [2.75, 3.05) is 27.2 Å². The average molecular weight is 267 g/mol. The molecule has 18 heavy (non-hydrogen) atoms. The molecule has 0 aliphatic heterocycles. The van der Waals surface area contributed by atoms with E-state index in [9.17, 15) is 4.79 Å². The molecule has 1 amide bonds. The van der Waals surface area contributed by atoms with E-state index in [-0.39, 0.29) is 11.3 Å². The molecule has 1 aromatic rings. The van der Waals surface area contributed by atoms with Crippen molar-refractivity contribution in [1.82, 2.24) is 10.2 Å². The van der Waals surface area contributed by atoms with Crippen molar-refractivity contribution < 1.29 is 4.79 Å². The van der Waals surface area contributed by atoms with Gasteiger partial charge in [0.1, 0.15) is 0 Å². The number of hydrogen-bond acceptors (Lipinski definition) is 2. The summed E-state index contributed by atoms with van der Waals surface area (Å²) in [6.45, 7) is 1.55. The van der Waals surface area contributed by atoms with Crippen LogP contribution in [0, 0.1) is 0 Å². The number of amides is 1. The van der Waals surface area contributed by atoms with Crippen LogP contribution in [0.3, 0.4) is 0 Å². The first kappa shape index (κ1) is 13.4. The minimum Gasteiger partial charge on any atom is -0.344 e. The van der Waals surface area contributed by atoms with E-state index in [4.69, 9.17) is 11.6 Å². The largest absolute Gasteiger partial charge is 0.344 e. The number of carbonyl (C=O) groups excluding carboxylic acids is 1. The van der Waals surface area contributed by atoms with Crippen molar-refractivity contribution in [3.05, 3.63) is 34.9 Å². The standard InChI is InChI=1S/C14H19ClN2O/c1-16-8-9-17(2)13(18)14(6-7-14)11-4-3-5-12(15)10-11/h3-5,10,16H,6-9H2,1-2H3. The van der Waals surface area contributed by atoms with Gasteiger partial charge >= 0.3 is 0 Å². The number of benzene rings is 1. The summed E-state index contributed by atoms with van der Waals surface area (Å²) in [4.78, 5) is 14.3. The van der Waals surface area contributed by atoms with E-state index in [0.717, 1.165) is 31.5 Å². The second-order valence-corrected chi connectivity index (χ2v) is 5.36. The molecule has 0 saturated heterocycles. The molecule has 0 bridgehead atoms. The zero-order valence-corrected chi connectivity index (χ0v) is 11.6. The fourth-order valence-corrected chi connectivity index (χ4v) is 2.47. The van der Waals surface area contributed by atoms with Crippen LogP contribution in [0.5, 0.6) is 0 Å². The zero-order valence-electron chi connectivity index (χ0n) is 10.9. The van der Waals surface area contributed by atoms with Crippen molar-refractivity contribution in [3.8, 4) is 0 Å². The monoisotopic (exact) mass is 266 g/mol. The number of rotatable bonds is 5. The van der Waals surface area contributed by atoms with Gasteiger partial charge in [-0.25, -0.2) is 0 Å². The molecule has 4 heteroatoms. The van der Waals surface area contributed by atoms with Gasteiger partial charge in [0.25, 0.3) is 0 Å². The quantitative estimate of drug-likeness (QED) is 0.885. The predicted octanol–water partition coefficient (Wildman–Crippen LogP) is 2.05. The maximum atomic E-state index is 12.5. The van der Waals surface area contributed by atoms with Gasteiger partial charge in [0.15, 0.2) is 0 Å². The SMILES string of the molecule is CNCCN(C)C(=O)C1(c2cccc(Cl)c2)CC1. The Hall–Kier alpha value is -1.06. The van der Waals surface area contributed by atoms with Crippen LogP contribution in [-0.2, 0) is 10.2 Å². The second kappa shape index (κ2) is 5.29. The Balaban J connectivity index is 2.14. The molecule has 1 aliphatic carbocycles. The van der Waals surface area contributed by atoms with Crippen LogP contribution in [0.2, 0.25) is 5.02 Å². The topological polar surface area (TPSA) is 32.3 Å². The third-order valence-electron chi connectivity index (χ3n) is 3.58. The molecule has 98 valence electrons. The molecule has 0 heterocycles. The smallest absolute Gasteiger partial charge is 0.233 e. The molecule has 1 saturated carbocycles. The summed E-state index contributed by atoms with van der Waals surface area (Å²) in [5.41, 5.74) is 0.740. The van der Waals surface area contributed by atoms with E-state index < -0.39 is 0 Å². The lowest BCUT2D eigenvalue weighted by Gasteiger charge is -2.24. The first-order valence-corrected chi connectivity index (χ1v) is 6.64. The first-order chi connectivity index (χ1) is 8.60. The van der Waals surface area contributed by atoms with E-state index in [1.54, 1.807) is 0 Å². The maximum Gasteiger partial charge on any atom is 0.233 e. The van der Waals surface area contributed by atoms with Crippen molar-refractivity contribution in [1.29, 1.82) is 0 Å². The molecule has 1 N–H and O–H groups in total. The van der Waals surface area contributed by atoms with Crippen LogP contribution in [0.4, 0.5) is 0 Å². The van der Waals surface area contributed by atoms with Gasteiger partial charge in [-0.3, -0.25) is 4.79 Å². The number of halogens is 1. The lowest BCUT2D eigenvalue weighted by molar-refractivity contribution is -0.132. The Morgan fingerprint density at radius 3 is 2.78 bits per heavy atom. The number of hydrogen-bond donors (Lipinski definition) is 1. The van der Waals surface area contributed by atoms with E-state index in [2.05, 4.69) is 5.32 Å². The van der Waals surface area contributed by atoms with Gasteiger partial charge in [-0.05, 0) is 37.6 Å². The molecule has 2 rings (SSSR count). The van der Waals surface area contributed by atoms with E-state index in [1.807, 2.05) is 43.3 Å². The lowest BCUT2D eigenvalue weighted by atomic mass is 9.94. The molecule has 0 spiro atoms. The Kier molecular flexibility index (Phi) is 3.93. The van der Waals surface area contributed by atoms with Crippen molar-refractivity contribution >= 4 is 17.5 Å². The van der Waals surface area contributed by atoms with E-state index in [0.29, 0.717) is 5.02 Å². The number of nitrogens with zero attached hydrogens (tertiary/aromatic N) is 1. The first-order valence-electron chi connectivity index (χ1n) is 6.26. The Morgan fingerprint density at radius 1 is 1.50 bits per heavy atom. The molecule has 1 fully saturated rings. The predicted molar refractivity (Wildman–Crippen MR) is 73.9 cm³/mol. The Labute approximate surface area is 113 Å². The summed E-state index contributed by atoms with van der Waals surface area (Å²) in [5, 5.41) is 3.76. The number of likely N-dealkylation sites (N-methyl/N-ethyl adjacent to an activating group) is 2. The van der Waals surface area contributed by atoms with Crippen molar-refractivity contribution in [3.63, 3.8) is 0 Å². The van der Waals surface area contributed by atoms with Crippen LogP contribution in [0.25, 0.3) is 0 Å². The number of carbonyl (C=O) groups is 1. The summed E-state index contributed by atoms with van der Waals surface area (Å²) >= 11 is 6.01. The Morgan fingerprint density at radius 2 is 2.22 bits per heavy atom. The fraction of sp³-hybridized carbons (Fsp3) is 0.500.